The molecule has 0 fully saturated rings. The van der Waals surface area contributed by atoms with Crippen molar-refractivity contribution < 1.29 is 4.79 Å². The van der Waals surface area contributed by atoms with Gasteiger partial charge in [0.25, 0.3) is 0 Å². The maximum absolute atomic E-state index is 12.0. The average Bonchev–Trinajstić information content (AvgIpc) is 2.39. The number of anilines is 1. The van der Waals surface area contributed by atoms with Crippen LogP contribution < -0.4 is 5.73 Å². The lowest BCUT2D eigenvalue weighted by Crippen LogP contribution is -2.04. The quantitative estimate of drug-likeness (QED) is 0.646. The highest BCUT2D eigenvalue weighted by atomic mass is 16.1. The Morgan fingerprint density at radius 1 is 0.895 bits per heavy atom. The zero-order valence-electron chi connectivity index (χ0n) is 11.8. The van der Waals surface area contributed by atoms with Crippen LogP contribution in [0.15, 0.2) is 54.6 Å². The fourth-order valence-electron chi connectivity index (χ4n) is 1.45. The van der Waals surface area contributed by atoms with E-state index in [1.165, 1.54) is 0 Å². The van der Waals surface area contributed by atoms with Gasteiger partial charge in [0.2, 0.25) is 0 Å². The molecular formula is C17H21NO. The Bertz CT molecular complexity index is 515. The minimum Gasteiger partial charge on any atom is -0.398 e. The van der Waals surface area contributed by atoms with Gasteiger partial charge in [-0.2, -0.15) is 0 Å². The van der Waals surface area contributed by atoms with Gasteiger partial charge in [-0.25, -0.2) is 0 Å². The maximum atomic E-state index is 12.0. The number of carbonyl (C=O) groups is 1. The third-order valence-electron chi connectivity index (χ3n) is 2.24. The van der Waals surface area contributed by atoms with Gasteiger partial charge in [0.15, 0.2) is 5.78 Å². The van der Waals surface area contributed by atoms with Gasteiger partial charge in [-0.05, 0) is 18.1 Å². The Morgan fingerprint density at radius 2 is 1.37 bits per heavy atom. The number of benzene rings is 2. The van der Waals surface area contributed by atoms with Crippen molar-refractivity contribution in [1.29, 1.82) is 0 Å². The van der Waals surface area contributed by atoms with E-state index >= 15 is 0 Å². The molecule has 2 N–H and O–H groups in total. The summed E-state index contributed by atoms with van der Waals surface area (Å²) in [4.78, 5) is 12.0. The summed E-state index contributed by atoms with van der Waals surface area (Å²) in [6, 6.07) is 16.2. The standard InChI is InChI=1S/C13H11NO.C4H10/c14-12-9-5-4-8-11(12)13(15)10-6-2-1-3-7-10;1-4(2)3/h1-9H,14H2;4H,1-3H3. The van der Waals surface area contributed by atoms with E-state index in [1.54, 1.807) is 24.3 Å². The van der Waals surface area contributed by atoms with Gasteiger partial charge >= 0.3 is 0 Å². The van der Waals surface area contributed by atoms with Crippen LogP contribution in [0.5, 0.6) is 0 Å². The number of ketones is 1. The fraction of sp³-hybridized carbons (Fsp3) is 0.235. The van der Waals surface area contributed by atoms with Crippen LogP contribution in [-0.4, -0.2) is 5.78 Å². The number of carbonyl (C=O) groups excluding carboxylic acids is 1. The zero-order valence-corrected chi connectivity index (χ0v) is 11.8. The number of para-hydroxylation sites is 1. The van der Waals surface area contributed by atoms with Crippen LogP contribution in [0.2, 0.25) is 0 Å². The van der Waals surface area contributed by atoms with Gasteiger partial charge in [-0.3, -0.25) is 4.79 Å². The SMILES string of the molecule is CC(C)C.Nc1ccccc1C(=O)c1ccccc1. The summed E-state index contributed by atoms with van der Waals surface area (Å²) < 4.78 is 0. The normalized spacial score (nSPS) is 9.68. The molecule has 0 spiro atoms. The van der Waals surface area contributed by atoms with Crippen LogP contribution in [0.25, 0.3) is 0 Å². The van der Waals surface area contributed by atoms with Crippen LogP contribution >= 0.6 is 0 Å². The largest absolute Gasteiger partial charge is 0.398 e. The molecule has 0 heterocycles. The second-order valence-electron chi connectivity index (χ2n) is 5.01. The smallest absolute Gasteiger partial charge is 0.195 e. The molecule has 0 unspecified atom stereocenters. The van der Waals surface area contributed by atoms with Crippen molar-refractivity contribution in [3.8, 4) is 0 Å². The van der Waals surface area contributed by atoms with Crippen molar-refractivity contribution in [1.82, 2.24) is 0 Å². The summed E-state index contributed by atoms with van der Waals surface area (Å²) in [5.74, 6) is 0.800. The molecule has 0 saturated heterocycles. The highest BCUT2D eigenvalue weighted by Crippen LogP contribution is 2.15. The number of rotatable bonds is 2. The number of hydrogen-bond acceptors (Lipinski definition) is 2. The van der Waals surface area contributed by atoms with E-state index < -0.39 is 0 Å². The highest BCUT2D eigenvalue weighted by Gasteiger charge is 2.10. The van der Waals surface area contributed by atoms with Crippen LogP contribution in [0.3, 0.4) is 0 Å². The number of nitrogen functional groups attached to an aromatic ring is 1. The zero-order chi connectivity index (χ0) is 14.3. The van der Waals surface area contributed by atoms with E-state index in [0.29, 0.717) is 16.8 Å². The Labute approximate surface area is 115 Å². The molecular weight excluding hydrogens is 234 g/mol. The molecule has 19 heavy (non-hydrogen) atoms. The molecule has 0 aliphatic rings. The minimum absolute atomic E-state index is 0.0336. The molecule has 0 bridgehead atoms. The molecule has 0 radical (unpaired) electrons. The van der Waals surface area contributed by atoms with Gasteiger partial charge in [-0.1, -0.05) is 63.2 Å². The Kier molecular flexibility index (Phi) is 5.80. The Hall–Kier alpha value is -2.09. The summed E-state index contributed by atoms with van der Waals surface area (Å²) in [7, 11) is 0. The summed E-state index contributed by atoms with van der Waals surface area (Å²) in [5.41, 5.74) is 7.48. The Balaban J connectivity index is 0.000000399. The van der Waals surface area contributed by atoms with Crippen molar-refractivity contribution >= 4 is 11.5 Å². The van der Waals surface area contributed by atoms with Crippen molar-refractivity contribution in [2.75, 3.05) is 5.73 Å². The molecule has 100 valence electrons. The van der Waals surface area contributed by atoms with Crippen molar-refractivity contribution in [2.24, 2.45) is 5.92 Å². The Morgan fingerprint density at radius 3 is 1.89 bits per heavy atom. The number of hydrogen-bond donors (Lipinski definition) is 1. The van der Waals surface area contributed by atoms with Gasteiger partial charge in [0.05, 0.1) is 0 Å². The molecule has 0 saturated carbocycles. The molecule has 2 aromatic rings. The van der Waals surface area contributed by atoms with Crippen LogP contribution in [-0.2, 0) is 0 Å². The molecule has 0 aliphatic heterocycles. The third kappa shape index (κ3) is 4.96. The highest BCUT2D eigenvalue weighted by molar-refractivity contribution is 6.11. The van der Waals surface area contributed by atoms with Gasteiger partial charge in [0.1, 0.15) is 0 Å². The maximum Gasteiger partial charge on any atom is 0.195 e. The summed E-state index contributed by atoms with van der Waals surface area (Å²) >= 11 is 0. The van der Waals surface area contributed by atoms with E-state index in [1.807, 2.05) is 30.3 Å². The van der Waals surface area contributed by atoms with Gasteiger partial charge in [-0.15, -0.1) is 0 Å². The molecule has 0 atom stereocenters. The minimum atomic E-state index is -0.0336. The van der Waals surface area contributed by atoms with Crippen LogP contribution in [0.4, 0.5) is 5.69 Å². The van der Waals surface area contributed by atoms with Crippen LogP contribution in [0, 0.1) is 5.92 Å². The first-order valence-electron chi connectivity index (χ1n) is 6.46. The van der Waals surface area contributed by atoms with E-state index in [4.69, 9.17) is 5.73 Å². The van der Waals surface area contributed by atoms with Crippen LogP contribution in [0.1, 0.15) is 36.7 Å². The lowest BCUT2D eigenvalue weighted by molar-refractivity contribution is 0.103. The molecule has 2 rings (SSSR count). The van der Waals surface area contributed by atoms with E-state index in [-0.39, 0.29) is 5.78 Å². The monoisotopic (exact) mass is 255 g/mol. The fourth-order valence-corrected chi connectivity index (χ4v) is 1.45. The van der Waals surface area contributed by atoms with Gasteiger partial charge in [0, 0.05) is 16.8 Å². The second-order valence-corrected chi connectivity index (χ2v) is 5.01. The predicted octanol–water partition coefficient (Wildman–Crippen LogP) is 4.16. The molecule has 2 heteroatoms. The molecule has 2 nitrogen and oxygen atoms in total. The predicted molar refractivity (Wildman–Crippen MR) is 81.2 cm³/mol. The lowest BCUT2D eigenvalue weighted by Gasteiger charge is -2.03. The summed E-state index contributed by atoms with van der Waals surface area (Å²) in [5, 5.41) is 0. The first-order chi connectivity index (χ1) is 9.02. The van der Waals surface area contributed by atoms with E-state index in [9.17, 15) is 4.79 Å². The first-order valence-corrected chi connectivity index (χ1v) is 6.46. The topological polar surface area (TPSA) is 43.1 Å². The first kappa shape index (κ1) is 15.0. The summed E-state index contributed by atoms with van der Waals surface area (Å²) in [6.45, 7) is 6.50. The molecule has 0 amide bonds. The molecule has 0 aromatic heterocycles. The van der Waals surface area contributed by atoms with E-state index in [2.05, 4.69) is 20.8 Å². The average molecular weight is 255 g/mol. The summed E-state index contributed by atoms with van der Waals surface area (Å²) in [6.07, 6.45) is 0. The number of nitrogens with two attached hydrogens (primary N) is 1. The van der Waals surface area contributed by atoms with Crippen molar-refractivity contribution in [3.05, 3.63) is 65.7 Å². The van der Waals surface area contributed by atoms with Crippen molar-refractivity contribution in [2.45, 2.75) is 20.8 Å². The molecule has 0 aliphatic carbocycles. The second kappa shape index (κ2) is 7.37. The van der Waals surface area contributed by atoms with E-state index in [0.717, 1.165) is 5.92 Å². The van der Waals surface area contributed by atoms with Crippen molar-refractivity contribution in [3.63, 3.8) is 0 Å². The lowest BCUT2D eigenvalue weighted by atomic mass is 10.0. The van der Waals surface area contributed by atoms with Gasteiger partial charge < -0.3 is 5.73 Å². The third-order valence-corrected chi connectivity index (χ3v) is 2.24. The molecule has 2 aromatic carbocycles.